The van der Waals surface area contributed by atoms with Gasteiger partial charge in [-0.05, 0) is 31.0 Å². The van der Waals surface area contributed by atoms with Crippen LogP contribution < -0.4 is 5.63 Å². The average Bonchev–Trinajstić information content (AvgIpc) is 2.26. The molecule has 0 radical (unpaired) electrons. The van der Waals surface area contributed by atoms with E-state index in [-0.39, 0.29) is 11.4 Å². The Morgan fingerprint density at radius 2 is 2.12 bits per heavy atom. The molecule has 0 saturated heterocycles. The molecule has 16 heavy (non-hydrogen) atoms. The number of aromatic hydroxyl groups is 1. The van der Waals surface area contributed by atoms with Gasteiger partial charge in [-0.25, -0.2) is 4.79 Å². The number of benzene rings is 1. The summed E-state index contributed by atoms with van der Waals surface area (Å²) in [6.45, 7) is 2.08. The van der Waals surface area contributed by atoms with Crippen LogP contribution in [0, 0.1) is 0 Å². The van der Waals surface area contributed by atoms with E-state index in [1.165, 1.54) is 6.07 Å². The molecule has 0 atom stereocenters. The van der Waals surface area contributed by atoms with Crippen molar-refractivity contribution in [1.82, 2.24) is 0 Å². The van der Waals surface area contributed by atoms with Gasteiger partial charge >= 0.3 is 5.63 Å². The van der Waals surface area contributed by atoms with Crippen molar-refractivity contribution in [3.63, 3.8) is 0 Å². The molecule has 2 aromatic rings. The van der Waals surface area contributed by atoms with E-state index < -0.39 is 0 Å². The first-order valence-electron chi connectivity index (χ1n) is 5.46. The second-order valence-corrected chi connectivity index (χ2v) is 3.88. The quantitative estimate of drug-likeness (QED) is 0.806. The highest BCUT2D eigenvalue weighted by Crippen LogP contribution is 2.19. The van der Waals surface area contributed by atoms with Crippen molar-refractivity contribution in [3.05, 3.63) is 40.2 Å². The van der Waals surface area contributed by atoms with E-state index in [1.54, 1.807) is 12.1 Å². The van der Waals surface area contributed by atoms with Crippen molar-refractivity contribution in [2.75, 3.05) is 0 Å². The van der Waals surface area contributed by atoms with Gasteiger partial charge in [0.15, 0.2) is 0 Å². The Labute approximate surface area is 93.3 Å². The molecule has 0 aliphatic rings. The van der Waals surface area contributed by atoms with Gasteiger partial charge in [0.05, 0.1) is 0 Å². The van der Waals surface area contributed by atoms with Gasteiger partial charge in [0.2, 0.25) is 0 Å². The molecule has 1 aromatic heterocycles. The zero-order chi connectivity index (χ0) is 11.5. The number of rotatable bonds is 3. The van der Waals surface area contributed by atoms with Crippen LogP contribution in [0.2, 0.25) is 0 Å². The van der Waals surface area contributed by atoms with E-state index in [0.717, 1.165) is 24.6 Å². The first-order chi connectivity index (χ1) is 7.70. The predicted octanol–water partition coefficient (Wildman–Crippen LogP) is 2.84. The Hall–Kier alpha value is -1.77. The van der Waals surface area contributed by atoms with Gasteiger partial charge in [0.1, 0.15) is 11.3 Å². The smallest absolute Gasteiger partial charge is 0.339 e. The Morgan fingerprint density at radius 1 is 1.31 bits per heavy atom. The maximum atomic E-state index is 11.6. The summed E-state index contributed by atoms with van der Waals surface area (Å²) in [5, 5.41) is 10.1. The lowest BCUT2D eigenvalue weighted by Crippen LogP contribution is -2.06. The monoisotopic (exact) mass is 218 g/mol. The fraction of sp³-hybridized carbons (Fsp3) is 0.308. The lowest BCUT2D eigenvalue weighted by Gasteiger charge is -2.01. The van der Waals surface area contributed by atoms with Crippen LogP contribution in [0.15, 0.2) is 33.5 Å². The van der Waals surface area contributed by atoms with Gasteiger partial charge in [-0.3, -0.25) is 0 Å². The minimum Gasteiger partial charge on any atom is -0.508 e. The third-order valence-corrected chi connectivity index (χ3v) is 2.59. The van der Waals surface area contributed by atoms with Crippen LogP contribution in [0.25, 0.3) is 11.0 Å². The van der Waals surface area contributed by atoms with Crippen molar-refractivity contribution in [1.29, 1.82) is 0 Å². The molecule has 0 saturated carbocycles. The summed E-state index contributed by atoms with van der Waals surface area (Å²) in [4.78, 5) is 11.6. The SMILES string of the molecule is CCCCc1cc2ccc(O)cc2oc1=O. The van der Waals surface area contributed by atoms with E-state index in [2.05, 4.69) is 6.92 Å². The van der Waals surface area contributed by atoms with Gasteiger partial charge in [-0.2, -0.15) is 0 Å². The van der Waals surface area contributed by atoms with Crippen molar-refractivity contribution in [2.45, 2.75) is 26.2 Å². The van der Waals surface area contributed by atoms with E-state index in [4.69, 9.17) is 4.42 Å². The molecular formula is C13H14O3. The molecule has 0 unspecified atom stereocenters. The van der Waals surface area contributed by atoms with Crippen LogP contribution in [0.5, 0.6) is 5.75 Å². The lowest BCUT2D eigenvalue weighted by atomic mass is 10.1. The molecule has 3 heteroatoms. The number of phenolic OH excluding ortho intramolecular Hbond substituents is 1. The minimum absolute atomic E-state index is 0.108. The van der Waals surface area contributed by atoms with Gasteiger partial charge < -0.3 is 9.52 Å². The number of fused-ring (bicyclic) bond motifs is 1. The third-order valence-electron chi connectivity index (χ3n) is 2.59. The maximum absolute atomic E-state index is 11.6. The normalized spacial score (nSPS) is 10.8. The fourth-order valence-corrected chi connectivity index (χ4v) is 1.68. The van der Waals surface area contributed by atoms with Gasteiger partial charge in [-0.1, -0.05) is 13.3 Å². The molecule has 0 aliphatic carbocycles. The number of unbranched alkanes of at least 4 members (excludes halogenated alkanes) is 1. The molecule has 2 rings (SSSR count). The summed E-state index contributed by atoms with van der Waals surface area (Å²) in [6, 6.07) is 6.64. The van der Waals surface area contributed by atoms with Gasteiger partial charge in [-0.15, -0.1) is 0 Å². The standard InChI is InChI=1S/C13H14O3/c1-2-3-4-10-7-9-5-6-11(14)8-12(9)16-13(10)15/h5-8,14H,2-4H2,1H3. The van der Waals surface area contributed by atoms with Crippen LogP contribution >= 0.6 is 0 Å². The molecule has 1 heterocycles. The number of aryl methyl sites for hydroxylation is 1. The van der Waals surface area contributed by atoms with Crippen LogP contribution in [-0.4, -0.2) is 5.11 Å². The highest BCUT2D eigenvalue weighted by molar-refractivity contribution is 5.78. The van der Waals surface area contributed by atoms with Crippen LogP contribution in [0.1, 0.15) is 25.3 Å². The van der Waals surface area contributed by atoms with Crippen molar-refractivity contribution < 1.29 is 9.52 Å². The molecule has 1 aromatic carbocycles. The van der Waals surface area contributed by atoms with Crippen molar-refractivity contribution in [2.24, 2.45) is 0 Å². The lowest BCUT2D eigenvalue weighted by molar-refractivity contribution is 0.472. The zero-order valence-corrected chi connectivity index (χ0v) is 9.19. The first kappa shape index (κ1) is 10.7. The second kappa shape index (κ2) is 4.39. The minimum atomic E-state index is -0.299. The molecule has 0 fully saturated rings. The highest BCUT2D eigenvalue weighted by atomic mass is 16.4. The maximum Gasteiger partial charge on any atom is 0.339 e. The molecule has 0 amide bonds. The molecular weight excluding hydrogens is 204 g/mol. The van der Waals surface area contributed by atoms with E-state index in [9.17, 15) is 9.90 Å². The number of hydrogen-bond acceptors (Lipinski definition) is 3. The molecule has 84 valence electrons. The van der Waals surface area contributed by atoms with E-state index in [1.807, 2.05) is 6.07 Å². The second-order valence-electron chi connectivity index (χ2n) is 3.88. The van der Waals surface area contributed by atoms with Crippen LogP contribution in [0.3, 0.4) is 0 Å². The van der Waals surface area contributed by atoms with Crippen LogP contribution in [0.4, 0.5) is 0 Å². The van der Waals surface area contributed by atoms with Crippen LogP contribution in [-0.2, 0) is 6.42 Å². The third kappa shape index (κ3) is 2.08. The average molecular weight is 218 g/mol. The molecule has 0 bridgehead atoms. The summed E-state index contributed by atoms with van der Waals surface area (Å²) in [7, 11) is 0. The fourth-order valence-electron chi connectivity index (χ4n) is 1.68. The first-order valence-corrected chi connectivity index (χ1v) is 5.46. The zero-order valence-electron chi connectivity index (χ0n) is 9.19. The molecule has 1 N–H and O–H groups in total. The number of hydrogen-bond donors (Lipinski definition) is 1. The number of phenols is 1. The van der Waals surface area contributed by atoms with Crippen molar-refractivity contribution in [3.8, 4) is 5.75 Å². The Bertz CT molecular complexity index is 555. The van der Waals surface area contributed by atoms with E-state index in [0.29, 0.717) is 11.1 Å². The van der Waals surface area contributed by atoms with Crippen molar-refractivity contribution >= 4 is 11.0 Å². The molecule has 0 aliphatic heterocycles. The Balaban J connectivity index is 2.50. The Morgan fingerprint density at radius 3 is 2.88 bits per heavy atom. The highest BCUT2D eigenvalue weighted by Gasteiger charge is 2.05. The Kier molecular flexibility index (Phi) is 2.95. The van der Waals surface area contributed by atoms with Gasteiger partial charge in [0, 0.05) is 17.0 Å². The summed E-state index contributed by atoms with van der Waals surface area (Å²) in [5.41, 5.74) is 0.844. The molecule has 3 nitrogen and oxygen atoms in total. The largest absolute Gasteiger partial charge is 0.508 e. The van der Waals surface area contributed by atoms with Gasteiger partial charge in [0.25, 0.3) is 0 Å². The summed E-state index contributed by atoms with van der Waals surface area (Å²) >= 11 is 0. The molecule has 0 spiro atoms. The summed E-state index contributed by atoms with van der Waals surface area (Å²) in [5.74, 6) is 0.108. The predicted molar refractivity (Wildman–Crippen MR) is 62.8 cm³/mol. The topological polar surface area (TPSA) is 50.4 Å². The summed E-state index contributed by atoms with van der Waals surface area (Å²) < 4.78 is 5.16. The van der Waals surface area contributed by atoms with E-state index >= 15 is 0 Å². The summed E-state index contributed by atoms with van der Waals surface area (Å²) in [6.07, 6.45) is 2.77.